The number of piperidine rings is 1. The highest BCUT2D eigenvalue weighted by Gasteiger charge is 2.19. The van der Waals surface area contributed by atoms with Gasteiger partial charge in [-0.05, 0) is 51.2 Å². The van der Waals surface area contributed by atoms with E-state index < -0.39 is 0 Å². The molecule has 0 spiro atoms. The number of H-pyrrole nitrogens is 1. The molecule has 0 saturated carbocycles. The number of amides is 1. The Morgan fingerprint density at radius 2 is 2.03 bits per heavy atom. The second kappa shape index (κ2) is 7.86. The van der Waals surface area contributed by atoms with Gasteiger partial charge in [-0.1, -0.05) is 0 Å². The zero-order chi connectivity index (χ0) is 22.4. The number of aromatic amines is 1. The van der Waals surface area contributed by atoms with Crippen molar-refractivity contribution >= 4 is 28.3 Å². The molecule has 0 aliphatic carbocycles. The topological polar surface area (TPSA) is 96.1 Å². The lowest BCUT2D eigenvalue weighted by Crippen LogP contribution is -2.31. The molecular weight excluding hydrogens is 416 g/mol. The molecule has 0 atom stereocenters. The summed E-state index contributed by atoms with van der Waals surface area (Å²) < 4.78 is 3.95. The van der Waals surface area contributed by atoms with Crippen molar-refractivity contribution in [3.8, 4) is 11.1 Å². The van der Waals surface area contributed by atoms with Crippen LogP contribution in [0.3, 0.4) is 0 Å². The first-order valence-corrected chi connectivity index (χ1v) is 11.1. The van der Waals surface area contributed by atoms with Gasteiger partial charge in [0.2, 0.25) is 0 Å². The van der Waals surface area contributed by atoms with Gasteiger partial charge >= 0.3 is 0 Å². The van der Waals surface area contributed by atoms with Crippen molar-refractivity contribution in [3.05, 3.63) is 67.1 Å². The number of carbonyl (C=O) groups is 1. The second-order valence-electron chi connectivity index (χ2n) is 8.63. The molecular formula is C24H24N8O. The Bertz CT molecular complexity index is 1450. The van der Waals surface area contributed by atoms with Crippen LogP contribution in [0.5, 0.6) is 0 Å². The van der Waals surface area contributed by atoms with Gasteiger partial charge in [0, 0.05) is 53.7 Å². The van der Waals surface area contributed by atoms with E-state index in [1.165, 1.54) is 0 Å². The highest BCUT2D eigenvalue weighted by atomic mass is 16.1. The number of pyridine rings is 2. The fourth-order valence-corrected chi connectivity index (χ4v) is 4.51. The number of rotatable bonds is 4. The molecule has 1 aliphatic rings. The molecule has 5 aromatic rings. The van der Waals surface area contributed by atoms with E-state index in [-0.39, 0.29) is 5.91 Å². The van der Waals surface area contributed by atoms with Gasteiger partial charge in [-0.2, -0.15) is 5.10 Å². The first-order chi connectivity index (χ1) is 16.1. The van der Waals surface area contributed by atoms with Crippen molar-refractivity contribution in [1.82, 2.24) is 34.0 Å². The molecule has 2 N–H and O–H groups in total. The fraction of sp³-hybridized carbons (Fsp3) is 0.250. The molecule has 9 heteroatoms. The third-order valence-electron chi connectivity index (χ3n) is 6.41. The Morgan fingerprint density at radius 3 is 2.91 bits per heavy atom. The molecule has 1 aliphatic heterocycles. The molecule has 6 rings (SSSR count). The van der Waals surface area contributed by atoms with Gasteiger partial charge in [0.1, 0.15) is 11.3 Å². The number of anilines is 1. The van der Waals surface area contributed by atoms with Gasteiger partial charge in [0.15, 0.2) is 0 Å². The average Bonchev–Trinajstić information content (AvgIpc) is 3.58. The van der Waals surface area contributed by atoms with E-state index in [9.17, 15) is 4.79 Å². The molecule has 0 radical (unpaired) electrons. The summed E-state index contributed by atoms with van der Waals surface area (Å²) in [7, 11) is 2.14. The molecule has 1 saturated heterocycles. The minimum atomic E-state index is -0.204. The van der Waals surface area contributed by atoms with E-state index in [0.717, 1.165) is 53.7 Å². The van der Waals surface area contributed by atoms with Crippen LogP contribution in [0, 0.1) is 0 Å². The Kier molecular flexibility index (Phi) is 4.69. The summed E-state index contributed by atoms with van der Waals surface area (Å²) in [6.07, 6.45) is 15.0. The number of carbonyl (C=O) groups excluding carboxylic acids is 1. The molecule has 166 valence electrons. The molecule has 9 nitrogen and oxygen atoms in total. The Hall–Kier alpha value is -3.98. The van der Waals surface area contributed by atoms with Gasteiger partial charge in [-0.3, -0.25) is 9.48 Å². The summed E-state index contributed by atoms with van der Waals surface area (Å²) in [4.78, 5) is 27.3. The zero-order valence-corrected chi connectivity index (χ0v) is 18.3. The number of aromatic nitrogens is 6. The summed E-state index contributed by atoms with van der Waals surface area (Å²) in [5, 5.41) is 8.34. The van der Waals surface area contributed by atoms with Crippen molar-refractivity contribution in [2.75, 3.05) is 25.5 Å². The van der Waals surface area contributed by atoms with Crippen LogP contribution in [0.2, 0.25) is 0 Å². The number of hydrogen-bond acceptors (Lipinski definition) is 5. The predicted molar refractivity (Wildman–Crippen MR) is 126 cm³/mol. The first-order valence-electron chi connectivity index (χ1n) is 11.1. The maximum absolute atomic E-state index is 13.0. The van der Waals surface area contributed by atoms with E-state index in [1.807, 2.05) is 52.1 Å². The number of nitrogens with zero attached hydrogens (tertiary/aromatic N) is 6. The number of fused-ring (bicyclic) bond motifs is 2. The molecule has 0 aromatic carbocycles. The van der Waals surface area contributed by atoms with Crippen LogP contribution in [0.1, 0.15) is 29.2 Å². The van der Waals surface area contributed by atoms with Gasteiger partial charge in [0.25, 0.3) is 5.91 Å². The summed E-state index contributed by atoms with van der Waals surface area (Å²) in [6.45, 7) is 2.12. The number of nitrogens with one attached hydrogen (secondary N) is 2. The minimum absolute atomic E-state index is 0.204. The summed E-state index contributed by atoms with van der Waals surface area (Å²) >= 11 is 0. The Balaban J connectivity index is 1.24. The number of likely N-dealkylation sites (tertiary alicyclic amines) is 1. The summed E-state index contributed by atoms with van der Waals surface area (Å²) in [5.74, 6) is -0.204. The SMILES string of the molecule is CN1CCC(n2cc(NC(=O)c3cnc4[nH]cc(-c5ccc6nccn6c5)c4c3)cn2)CC1. The lowest BCUT2D eigenvalue weighted by Gasteiger charge is -2.28. The third kappa shape index (κ3) is 3.66. The lowest BCUT2D eigenvalue weighted by atomic mass is 10.1. The van der Waals surface area contributed by atoms with Crippen LogP contribution in [0.15, 0.2) is 61.6 Å². The van der Waals surface area contributed by atoms with Crippen LogP contribution < -0.4 is 5.32 Å². The third-order valence-corrected chi connectivity index (χ3v) is 6.41. The molecule has 33 heavy (non-hydrogen) atoms. The maximum atomic E-state index is 13.0. The fourth-order valence-electron chi connectivity index (χ4n) is 4.51. The number of imidazole rings is 1. The molecule has 5 aromatic heterocycles. The van der Waals surface area contributed by atoms with Crippen molar-refractivity contribution in [2.45, 2.75) is 18.9 Å². The van der Waals surface area contributed by atoms with Crippen molar-refractivity contribution in [1.29, 1.82) is 0 Å². The monoisotopic (exact) mass is 440 g/mol. The second-order valence-corrected chi connectivity index (χ2v) is 8.63. The van der Waals surface area contributed by atoms with Gasteiger partial charge in [-0.25, -0.2) is 9.97 Å². The van der Waals surface area contributed by atoms with Crippen molar-refractivity contribution in [3.63, 3.8) is 0 Å². The largest absolute Gasteiger partial charge is 0.346 e. The van der Waals surface area contributed by atoms with E-state index in [2.05, 4.69) is 37.3 Å². The van der Waals surface area contributed by atoms with Gasteiger partial charge in [-0.15, -0.1) is 0 Å². The lowest BCUT2D eigenvalue weighted by molar-refractivity contribution is 0.102. The van der Waals surface area contributed by atoms with Crippen LogP contribution in [0.25, 0.3) is 27.8 Å². The quantitative estimate of drug-likeness (QED) is 0.445. The van der Waals surface area contributed by atoms with Crippen LogP contribution in [0.4, 0.5) is 5.69 Å². The smallest absolute Gasteiger partial charge is 0.257 e. The van der Waals surface area contributed by atoms with E-state index in [4.69, 9.17) is 0 Å². The Labute approximate surface area is 190 Å². The predicted octanol–water partition coefficient (Wildman–Crippen LogP) is 3.59. The highest BCUT2D eigenvalue weighted by molar-refractivity contribution is 6.07. The molecule has 1 amide bonds. The van der Waals surface area contributed by atoms with Crippen LogP contribution in [-0.4, -0.2) is 60.1 Å². The minimum Gasteiger partial charge on any atom is -0.346 e. The van der Waals surface area contributed by atoms with Crippen LogP contribution in [-0.2, 0) is 0 Å². The van der Waals surface area contributed by atoms with E-state index in [1.54, 1.807) is 18.6 Å². The number of hydrogen-bond donors (Lipinski definition) is 2. The van der Waals surface area contributed by atoms with Gasteiger partial charge < -0.3 is 19.6 Å². The summed E-state index contributed by atoms with van der Waals surface area (Å²) in [6, 6.07) is 6.25. The normalized spacial score (nSPS) is 15.4. The van der Waals surface area contributed by atoms with Crippen molar-refractivity contribution in [2.24, 2.45) is 0 Å². The van der Waals surface area contributed by atoms with E-state index in [0.29, 0.717) is 17.3 Å². The maximum Gasteiger partial charge on any atom is 0.257 e. The standard InChI is InChI=1S/C24H24N8O/c1-30-7-4-19(5-8-30)32-15-18(12-28-32)29-24(33)17-10-20-21(13-27-23(20)26-11-17)16-2-3-22-25-6-9-31(22)14-16/h2-3,6,9-15,19H,4-5,7-8H2,1H3,(H,26,27)(H,29,33). The molecule has 1 fully saturated rings. The van der Waals surface area contributed by atoms with Gasteiger partial charge in [0.05, 0.1) is 23.5 Å². The van der Waals surface area contributed by atoms with Crippen LogP contribution >= 0.6 is 0 Å². The van der Waals surface area contributed by atoms with E-state index >= 15 is 0 Å². The first kappa shape index (κ1) is 19.7. The summed E-state index contributed by atoms with van der Waals surface area (Å²) in [5.41, 5.74) is 4.82. The molecule has 0 unspecified atom stereocenters. The zero-order valence-electron chi connectivity index (χ0n) is 18.3. The molecule has 6 heterocycles. The van der Waals surface area contributed by atoms with Crippen molar-refractivity contribution < 1.29 is 4.79 Å². The molecule has 0 bridgehead atoms. The highest BCUT2D eigenvalue weighted by Crippen LogP contribution is 2.29. The Morgan fingerprint density at radius 1 is 1.15 bits per heavy atom. The average molecular weight is 441 g/mol.